The molecule has 0 radical (unpaired) electrons. The summed E-state index contributed by atoms with van der Waals surface area (Å²) in [6.07, 6.45) is 5.64. The van der Waals surface area contributed by atoms with E-state index in [4.69, 9.17) is 0 Å². The molecule has 0 bridgehead atoms. The van der Waals surface area contributed by atoms with Crippen LogP contribution in [0.1, 0.15) is 39.0 Å². The van der Waals surface area contributed by atoms with Crippen molar-refractivity contribution in [3.63, 3.8) is 0 Å². The van der Waals surface area contributed by atoms with Crippen molar-refractivity contribution in [2.24, 2.45) is 5.92 Å². The maximum Gasteiger partial charge on any atom is 0.147 e. The van der Waals surface area contributed by atoms with Crippen molar-refractivity contribution in [1.29, 1.82) is 0 Å². The molecule has 1 aromatic rings. The highest BCUT2D eigenvalue weighted by atomic mass is 79.9. The van der Waals surface area contributed by atoms with Crippen molar-refractivity contribution < 1.29 is 8.78 Å². The number of rotatable bonds is 3. The van der Waals surface area contributed by atoms with Crippen LogP contribution in [-0.4, -0.2) is 6.04 Å². The van der Waals surface area contributed by atoms with Gasteiger partial charge in [0.2, 0.25) is 0 Å². The van der Waals surface area contributed by atoms with E-state index in [1.54, 1.807) is 0 Å². The summed E-state index contributed by atoms with van der Waals surface area (Å²) in [6, 6.07) is 2.67. The number of nitrogens with one attached hydrogen (secondary N) is 1. The Morgan fingerprint density at radius 1 is 1.17 bits per heavy atom. The van der Waals surface area contributed by atoms with Gasteiger partial charge in [-0.3, -0.25) is 0 Å². The van der Waals surface area contributed by atoms with E-state index >= 15 is 0 Å². The number of anilines is 1. The quantitative estimate of drug-likeness (QED) is 0.764. The Morgan fingerprint density at radius 3 is 2.44 bits per heavy atom. The summed E-state index contributed by atoms with van der Waals surface area (Å²) in [7, 11) is 0. The lowest BCUT2D eigenvalue weighted by Gasteiger charge is -2.29. The molecule has 0 saturated heterocycles. The summed E-state index contributed by atoms with van der Waals surface area (Å²) in [5, 5.41) is 3.13. The van der Waals surface area contributed by atoms with E-state index in [1.807, 2.05) is 0 Å². The molecule has 4 heteroatoms. The zero-order chi connectivity index (χ0) is 13.1. The number of halogens is 3. The second-order valence-corrected chi connectivity index (χ2v) is 5.87. The van der Waals surface area contributed by atoms with E-state index in [0.717, 1.165) is 18.8 Å². The number of hydrogen-bond donors (Lipinski definition) is 1. The van der Waals surface area contributed by atoms with Gasteiger partial charge in [-0.05, 0) is 53.6 Å². The monoisotopic (exact) mass is 317 g/mol. The molecule has 0 amide bonds. The van der Waals surface area contributed by atoms with E-state index in [9.17, 15) is 8.78 Å². The van der Waals surface area contributed by atoms with Crippen LogP contribution in [0.2, 0.25) is 0 Å². The van der Waals surface area contributed by atoms with Gasteiger partial charge >= 0.3 is 0 Å². The molecule has 1 aliphatic rings. The van der Waals surface area contributed by atoms with Gasteiger partial charge in [0.15, 0.2) is 0 Å². The Labute approximate surface area is 115 Å². The van der Waals surface area contributed by atoms with Gasteiger partial charge in [-0.15, -0.1) is 0 Å². The van der Waals surface area contributed by atoms with Crippen LogP contribution in [0.15, 0.2) is 16.6 Å². The molecule has 18 heavy (non-hydrogen) atoms. The van der Waals surface area contributed by atoms with Gasteiger partial charge in [0.25, 0.3) is 0 Å². The first-order chi connectivity index (χ1) is 8.60. The van der Waals surface area contributed by atoms with Gasteiger partial charge in [0.05, 0.1) is 10.2 Å². The zero-order valence-corrected chi connectivity index (χ0v) is 12.1. The molecule has 0 spiro atoms. The molecule has 0 unspecified atom stereocenters. The molecule has 1 aliphatic carbocycles. The summed E-state index contributed by atoms with van der Waals surface area (Å²) < 4.78 is 27.2. The minimum atomic E-state index is -0.429. The third kappa shape index (κ3) is 3.22. The average Bonchev–Trinajstić information content (AvgIpc) is 2.37. The first kappa shape index (κ1) is 13.8. The normalized spacial score (nSPS) is 24.0. The molecule has 0 atom stereocenters. The Hall–Kier alpha value is -0.640. The Morgan fingerprint density at radius 2 is 1.83 bits per heavy atom. The van der Waals surface area contributed by atoms with Gasteiger partial charge in [0.1, 0.15) is 11.6 Å². The second-order valence-electron chi connectivity index (χ2n) is 5.02. The standard InChI is InChI=1S/C14H18BrF2N/c1-2-9-3-5-10(6-4-9)18-14-8-12(16)11(15)7-13(14)17/h7-10,18H,2-6H2,1H3. The maximum atomic E-state index is 13.7. The summed E-state index contributed by atoms with van der Waals surface area (Å²) in [4.78, 5) is 0. The first-order valence-electron chi connectivity index (χ1n) is 6.51. The van der Waals surface area contributed by atoms with Crippen LogP contribution < -0.4 is 5.32 Å². The summed E-state index contributed by atoms with van der Waals surface area (Å²) in [6.45, 7) is 2.21. The predicted molar refractivity (Wildman–Crippen MR) is 73.7 cm³/mol. The van der Waals surface area contributed by atoms with Crippen molar-refractivity contribution in [3.05, 3.63) is 28.2 Å². The Bertz CT molecular complexity index is 415. The van der Waals surface area contributed by atoms with Crippen LogP contribution in [0.25, 0.3) is 0 Å². The van der Waals surface area contributed by atoms with Gasteiger partial charge in [-0.1, -0.05) is 13.3 Å². The van der Waals surface area contributed by atoms with Gasteiger partial charge < -0.3 is 5.32 Å². The van der Waals surface area contributed by atoms with E-state index in [-0.39, 0.29) is 16.2 Å². The van der Waals surface area contributed by atoms with E-state index in [1.165, 1.54) is 31.4 Å². The van der Waals surface area contributed by atoms with Crippen molar-refractivity contribution in [1.82, 2.24) is 0 Å². The highest BCUT2D eigenvalue weighted by Gasteiger charge is 2.21. The fraction of sp³-hybridized carbons (Fsp3) is 0.571. The van der Waals surface area contributed by atoms with Crippen molar-refractivity contribution in [2.75, 3.05) is 5.32 Å². The molecule has 1 fully saturated rings. The van der Waals surface area contributed by atoms with Crippen LogP contribution in [0.5, 0.6) is 0 Å². The molecule has 0 aromatic heterocycles. The largest absolute Gasteiger partial charge is 0.380 e. The van der Waals surface area contributed by atoms with Crippen LogP contribution in [0.3, 0.4) is 0 Å². The second kappa shape index (κ2) is 6.00. The van der Waals surface area contributed by atoms with Crippen LogP contribution >= 0.6 is 15.9 Å². The van der Waals surface area contributed by atoms with Crippen LogP contribution in [-0.2, 0) is 0 Å². The molecule has 0 aliphatic heterocycles. The fourth-order valence-corrected chi connectivity index (χ4v) is 2.88. The topological polar surface area (TPSA) is 12.0 Å². The van der Waals surface area contributed by atoms with Crippen molar-refractivity contribution in [2.45, 2.75) is 45.1 Å². The Kier molecular flexibility index (Phi) is 4.60. The van der Waals surface area contributed by atoms with Gasteiger partial charge in [0, 0.05) is 12.1 Å². The smallest absolute Gasteiger partial charge is 0.147 e. The third-order valence-electron chi connectivity index (χ3n) is 3.79. The first-order valence-corrected chi connectivity index (χ1v) is 7.30. The molecule has 1 N–H and O–H groups in total. The fourth-order valence-electron chi connectivity index (χ4n) is 2.57. The van der Waals surface area contributed by atoms with Crippen LogP contribution in [0.4, 0.5) is 14.5 Å². The number of benzene rings is 1. The summed E-state index contributed by atoms with van der Waals surface area (Å²) >= 11 is 2.98. The molecular weight excluding hydrogens is 300 g/mol. The lowest BCUT2D eigenvalue weighted by Crippen LogP contribution is -2.26. The Balaban J connectivity index is 2.00. The minimum absolute atomic E-state index is 0.167. The summed E-state index contributed by atoms with van der Waals surface area (Å²) in [5.41, 5.74) is 0.274. The zero-order valence-electron chi connectivity index (χ0n) is 10.5. The molecule has 1 saturated carbocycles. The number of hydrogen-bond acceptors (Lipinski definition) is 1. The molecular formula is C14H18BrF2N. The predicted octanol–water partition coefficient (Wildman–Crippen LogP) is 5.11. The lowest BCUT2D eigenvalue weighted by atomic mass is 9.84. The van der Waals surface area contributed by atoms with Gasteiger partial charge in [-0.25, -0.2) is 8.78 Å². The average molecular weight is 318 g/mol. The maximum absolute atomic E-state index is 13.7. The molecule has 100 valence electrons. The molecule has 0 heterocycles. The highest BCUT2D eigenvalue weighted by molar-refractivity contribution is 9.10. The lowest BCUT2D eigenvalue weighted by molar-refractivity contribution is 0.329. The highest BCUT2D eigenvalue weighted by Crippen LogP contribution is 2.30. The van der Waals surface area contributed by atoms with E-state index in [2.05, 4.69) is 28.2 Å². The molecule has 1 nitrogen and oxygen atoms in total. The minimum Gasteiger partial charge on any atom is -0.380 e. The third-order valence-corrected chi connectivity index (χ3v) is 4.40. The van der Waals surface area contributed by atoms with Crippen LogP contribution in [0, 0.1) is 17.6 Å². The summed E-state index contributed by atoms with van der Waals surface area (Å²) in [5.74, 6) is -0.0309. The SMILES string of the molecule is CCC1CCC(Nc2cc(F)c(Br)cc2F)CC1. The van der Waals surface area contributed by atoms with Gasteiger partial charge in [-0.2, -0.15) is 0 Å². The van der Waals surface area contributed by atoms with E-state index in [0.29, 0.717) is 0 Å². The van der Waals surface area contributed by atoms with Crippen molar-refractivity contribution >= 4 is 21.6 Å². The van der Waals surface area contributed by atoms with Crippen molar-refractivity contribution in [3.8, 4) is 0 Å². The molecule has 2 rings (SSSR count). The van der Waals surface area contributed by atoms with E-state index < -0.39 is 11.6 Å². The molecule has 1 aromatic carbocycles.